The molecule has 154 valence electrons. The first-order valence-electron chi connectivity index (χ1n) is 9.63. The van der Waals surface area contributed by atoms with Crippen molar-refractivity contribution in [2.45, 2.75) is 30.4 Å². The van der Waals surface area contributed by atoms with Gasteiger partial charge in [0, 0.05) is 36.3 Å². The highest BCUT2D eigenvalue weighted by Crippen LogP contribution is 2.28. The summed E-state index contributed by atoms with van der Waals surface area (Å²) in [4.78, 5) is 4.58. The number of pyridine rings is 1. The molecule has 8 heteroatoms. The highest BCUT2D eigenvalue weighted by Gasteiger charge is 2.30. The number of benzene rings is 2. The first-order chi connectivity index (χ1) is 14.5. The summed E-state index contributed by atoms with van der Waals surface area (Å²) < 4.78 is 34.1. The van der Waals surface area contributed by atoms with Gasteiger partial charge in [0.25, 0.3) is 0 Å². The van der Waals surface area contributed by atoms with Crippen LogP contribution in [0.15, 0.2) is 59.6 Å². The van der Waals surface area contributed by atoms with Crippen molar-refractivity contribution in [3.63, 3.8) is 0 Å². The molecule has 1 aromatic heterocycles. The molecule has 0 bridgehead atoms. The highest BCUT2D eigenvalue weighted by molar-refractivity contribution is 7.89. The van der Waals surface area contributed by atoms with Crippen molar-refractivity contribution in [1.29, 1.82) is 5.26 Å². The average molecular weight is 442 g/mol. The molecular weight excluding hydrogens is 422 g/mol. The van der Waals surface area contributed by atoms with Gasteiger partial charge in [-0.05, 0) is 60.9 Å². The first-order valence-corrected chi connectivity index (χ1v) is 11.4. The Balaban J connectivity index is 1.73. The molecule has 30 heavy (non-hydrogen) atoms. The Hall–Kier alpha value is -2.50. The lowest BCUT2D eigenvalue weighted by molar-refractivity contribution is 0.0926. The van der Waals surface area contributed by atoms with E-state index in [1.165, 1.54) is 28.6 Å². The molecule has 1 atom stereocenters. The summed E-state index contributed by atoms with van der Waals surface area (Å²) in [6, 6.07) is 15.2. The van der Waals surface area contributed by atoms with Crippen LogP contribution in [-0.4, -0.2) is 37.0 Å². The van der Waals surface area contributed by atoms with Gasteiger partial charge in [-0.2, -0.15) is 9.57 Å². The van der Waals surface area contributed by atoms with Crippen LogP contribution in [0, 0.1) is 11.3 Å². The third-order valence-corrected chi connectivity index (χ3v) is 7.35. The smallest absolute Gasteiger partial charge is 0.243 e. The second kappa shape index (κ2) is 8.70. The average Bonchev–Trinajstić information content (AvgIpc) is 3.28. The van der Waals surface area contributed by atoms with E-state index in [-0.39, 0.29) is 24.1 Å². The van der Waals surface area contributed by atoms with E-state index >= 15 is 0 Å². The fourth-order valence-corrected chi connectivity index (χ4v) is 5.29. The van der Waals surface area contributed by atoms with Gasteiger partial charge in [-0.1, -0.05) is 17.7 Å². The number of hydrogen-bond donors (Lipinski definition) is 0. The van der Waals surface area contributed by atoms with Crippen LogP contribution in [0.3, 0.4) is 0 Å². The lowest BCUT2D eigenvalue weighted by Crippen LogP contribution is -2.37. The summed E-state index contributed by atoms with van der Waals surface area (Å²) in [5.41, 5.74) is 1.86. The van der Waals surface area contributed by atoms with Crippen molar-refractivity contribution in [1.82, 2.24) is 9.29 Å². The molecule has 1 saturated heterocycles. The molecule has 2 heterocycles. The zero-order valence-electron chi connectivity index (χ0n) is 16.2. The summed E-state index contributed by atoms with van der Waals surface area (Å²) in [6.45, 7) is 1.03. The molecule has 4 rings (SSSR count). The third-order valence-electron chi connectivity index (χ3n) is 5.20. The highest BCUT2D eigenvalue weighted by atomic mass is 35.5. The second-order valence-corrected chi connectivity index (χ2v) is 9.52. The van der Waals surface area contributed by atoms with Crippen LogP contribution in [-0.2, 0) is 21.3 Å². The summed E-state index contributed by atoms with van der Waals surface area (Å²) in [5, 5.41) is 10.4. The van der Waals surface area contributed by atoms with Crippen molar-refractivity contribution in [3.05, 3.63) is 70.9 Å². The number of aromatic nitrogens is 1. The molecule has 1 fully saturated rings. The standard InChI is InChI=1S/C22H20ClN3O3S/c23-21-10-7-17(22-20(21)4-1-11-25-22)14-26(15-18-3-2-12-29-18)30(27,28)19-8-5-16(13-24)6-9-19/h1,4-11,18H,2-3,12,14-15H2. The number of ether oxygens (including phenoxy) is 1. The number of sulfonamides is 1. The van der Waals surface area contributed by atoms with Crippen LogP contribution in [0.4, 0.5) is 0 Å². The molecule has 6 nitrogen and oxygen atoms in total. The Morgan fingerprint density at radius 1 is 1.20 bits per heavy atom. The van der Waals surface area contributed by atoms with E-state index in [0.717, 1.165) is 23.8 Å². The number of nitriles is 1. The van der Waals surface area contributed by atoms with E-state index in [4.69, 9.17) is 21.6 Å². The van der Waals surface area contributed by atoms with Gasteiger partial charge in [0.05, 0.1) is 28.1 Å². The number of fused-ring (bicyclic) bond motifs is 1. The van der Waals surface area contributed by atoms with Gasteiger partial charge in [0.15, 0.2) is 0 Å². The molecule has 3 aromatic rings. The maximum atomic E-state index is 13.5. The minimum atomic E-state index is -3.81. The Kier molecular flexibility index (Phi) is 6.02. The molecular formula is C22H20ClN3O3S. The summed E-state index contributed by atoms with van der Waals surface area (Å²) in [6.07, 6.45) is 3.26. The predicted molar refractivity (Wildman–Crippen MR) is 114 cm³/mol. The molecule has 0 aliphatic carbocycles. The van der Waals surface area contributed by atoms with E-state index in [0.29, 0.717) is 22.7 Å². The van der Waals surface area contributed by atoms with E-state index in [1.807, 2.05) is 18.2 Å². The minimum absolute atomic E-state index is 0.144. The maximum absolute atomic E-state index is 13.5. The lowest BCUT2D eigenvalue weighted by atomic mass is 10.1. The zero-order chi connectivity index (χ0) is 21.1. The predicted octanol–water partition coefficient (Wildman–Crippen LogP) is 4.13. The molecule has 0 radical (unpaired) electrons. The van der Waals surface area contributed by atoms with E-state index in [2.05, 4.69) is 4.98 Å². The van der Waals surface area contributed by atoms with Crippen LogP contribution in [0.1, 0.15) is 24.0 Å². The van der Waals surface area contributed by atoms with Gasteiger partial charge in [-0.25, -0.2) is 8.42 Å². The summed E-state index contributed by atoms with van der Waals surface area (Å²) in [7, 11) is -3.81. The first kappa shape index (κ1) is 20.8. The van der Waals surface area contributed by atoms with Gasteiger partial charge in [0.2, 0.25) is 10.0 Å². The monoisotopic (exact) mass is 441 g/mol. The molecule has 0 amide bonds. The fourth-order valence-electron chi connectivity index (χ4n) is 3.63. The molecule has 1 aliphatic heterocycles. The van der Waals surface area contributed by atoms with Gasteiger partial charge >= 0.3 is 0 Å². The maximum Gasteiger partial charge on any atom is 0.243 e. The lowest BCUT2D eigenvalue weighted by Gasteiger charge is -2.25. The van der Waals surface area contributed by atoms with Gasteiger partial charge < -0.3 is 4.74 Å². The molecule has 0 N–H and O–H groups in total. The Morgan fingerprint density at radius 3 is 2.70 bits per heavy atom. The van der Waals surface area contributed by atoms with Crippen molar-refractivity contribution < 1.29 is 13.2 Å². The summed E-state index contributed by atoms with van der Waals surface area (Å²) >= 11 is 6.30. The molecule has 1 aliphatic rings. The van der Waals surface area contributed by atoms with E-state index in [9.17, 15) is 8.42 Å². The molecule has 0 spiro atoms. The van der Waals surface area contributed by atoms with Crippen LogP contribution < -0.4 is 0 Å². The van der Waals surface area contributed by atoms with Gasteiger partial charge in [-0.3, -0.25) is 4.98 Å². The zero-order valence-corrected chi connectivity index (χ0v) is 17.7. The number of rotatable bonds is 6. The van der Waals surface area contributed by atoms with Crippen molar-refractivity contribution in [3.8, 4) is 6.07 Å². The SMILES string of the molecule is N#Cc1ccc(S(=O)(=O)N(Cc2ccc(Cl)c3cccnc23)CC2CCCO2)cc1. The van der Waals surface area contributed by atoms with Crippen LogP contribution >= 0.6 is 11.6 Å². The number of nitrogens with zero attached hydrogens (tertiary/aromatic N) is 3. The van der Waals surface area contributed by atoms with Gasteiger partial charge in [0.1, 0.15) is 0 Å². The van der Waals surface area contributed by atoms with Crippen molar-refractivity contribution in [2.24, 2.45) is 0 Å². The fraction of sp³-hybridized carbons (Fsp3) is 0.273. The number of hydrogen-bond acceptors (Lipinski definition) is 5. The molecule has 0 saturated carbocycles. The van der Waals surface area contributed by atoms with E-state index in [1.54, 1.807) is 18.3 Å². The normalized spacial score (nSPS) is 16.8. The summed E-state index contributed by atoms with van der Waals surface area (Å²) in [5.74, 6) is 0. The molecule has 2 aromatic carbocycles. The van der Waals surface area contributed by atoms with Crippen LogP contribution in [0.25, 0.3) is 10.9 Å². The second-order valence-electron chi connectivity index (χ2n) is 7.17. The van der Waals surface area contributed by atoms with Crippen molar-refractivity contribution >= 4 is 32.5 Å². The van der Waals surface area contributed by atoms with E-state index < -0.39 is 10.0 Å². The van der Waals surface area contributed by atoms with Crippen LogP contribution in [0.5, 0.6) is 0 Å². The van der Waals surface area contributed by atoms with Crippen LogP contribution in [0.2, 0.25) is 5.02 Å². The Morgan fingerprint density at radius 2 is 2.00 bits per heavy atom. The quantitative estimate of drug-likeness (QED) is 0.574. The van der Waals surface area contributed by atoms with Crippen molar-refractivity contribution in [2.75, 3.05) is 13.2 Å². The number of halogens is 1. The topological polar surface area (TPSA) is 83.3 Å². The Labute approximate surface area is 180 Å². The molecule has 1 unspecified atom stereocenters. The Bertz CT molecular complexity index is 1200. The third kappa shape index (κ3) is 4.18. The minimum Gasteiger partial charge on any atom is -0.377 e. The van der Waals surface area contributed by atoms with Gasteiger partial charge in [-0.15, -0.1) is 0 Å². The largest absolute Gasteiger partial charge is 0.377 e.